The first-order valence-electron chi connectivity index (χ1n) is 6.00. The fourth-order valence-corrected chi connectivity index (χ4v) is 1.99. The predicted octanol–water partition coefficient (Wildman–Crippen LogP) is -0.592. The van der Waals surface area contributed by atoms with Crippen LogP contribution in [0.3, 0.4) is 0 Å². The topological polar surface area (TPSA) is 84.1 Å². The second-order valence-electron chi connectivity index (χ2n) is 4.55. The monoisotopic (exact) mass is 259 g/mol. The molecule has 0 spiro atoms. The van der Waals surface area contributed by atoms with Crippen molar-refractivity contribution in [2.45, 2.75) is 12.5 Å². The molecule has 0 bridgehead atoms. The van der Waals surface area contributed by atoms with Gasteiger partial charge in [-0.2, -0.15) is 0 Å². The Morgan fingerprint density at radius 2 is 2.05 bits per heavy atom. The number of rotatable bonds is 3. The van der Waals surface area contributed by atoms with Gasteiger partial charge in [0.2, 0.25) is 5.91 Å². The van der Waals surface area contributed by atoms with Gasteiger partial charge in [0.05, 0.1) is 18.2 Å². The van der Waals surface area contributed by atoms with Crippen molar-refractivity contribution in [2.24, 2.45) is 0 Å². The van der Waals surface area contributed by atoms with Crippen LogP contribution in [0.25, 0.3) is 5.69 Å². The molecule has 3 rings (SSSR count). The lowest BCUT2D eigenvalue weighted by molar-refractivity contribution is -0.140. The molecule has 1 amide bonds. The summed E-state index contributed by atoms with van der Waals surface area (Å²) in [6.07, 6.45) is 1.51. The Kier molecular flexibility index (Phi) is 2.96. The third-order valence-electron chi connectivity index (χ3n) is 3.12. The van der Waals surface area contributed by atoms with Gasteiger partial charge in [-0.05, 0) is 28.1 Å². The smallest absolute Gasteiger partial charge is 0.227 e. The van der Waals surface area contributed by atoms with Crippen molar-refractivity contribution in [1.82, 2.24) is 25.1 Å². The maximum atomic E-state index is 11.8. The van der Waals surface area contributed by atoms with Crippen LogP contribution in [0.5, 0.6) is 0 Å². The van der Waals surface area contributed by atoms with Crippen LogP contribution < -0.4 is 0 Å². The van der Waals surface area contributed by atoms with E-state index in [2.05, 4.69) is 15.5 Å². The van der Waals surface area contributed by atoms with Gasteiger partial charge in [-0.3, -0.25) is 4.79 Å². The SMILES string of the molecule is O=C(Cc1ccc(-n2cnnn2)cc1)N1CC(O)C1. The van der Waals surface area contributed by atoms with Crippen LogP contribution >= 0.6 is 0 Å². The van der Waals surface area contributed by atoms with Gasteiger partial charge in [-0.25, -0.2) is 4.68 Å². The maximum Gasteiger partial charge on any atom is 0.227 e. The Morgan fingerprint density at radius 1 is 1.32 bits per heavy atom. The second-order valence-corrected chi connectivity index (χ2v) is 4.55. The van der Waals surface area contributed by atoms with Gasteiger partial charge in [-0.1, -0.05) is 12.1 Å². The number of hydrogen-bond acceptors (Lipinski definition) is 5. The van der Waals surface area contributed by atoms with Gasteiger partial charge < -0.3 is 10.0 Å². The zero-order valence-electron chi connectivity index (χ0n) is 10.2. The molecule has 7 heteroatoms. The quantitative estimate of drug-likeness (QED) is 0.796. The Labute approximate surface area is 109 Å². The van der Waals surface area contributed by atoms with Crippen LogP contribution in [0.2, 0.25) is 0 Å². The molecular formula is C12H13N5O2. The Morgan fingerprint density at radius 3 is 2.63 bits per heavy atom. The number of tetrazole rings is 1. The largest absolute Gasteiger partial charge is 0.389 e. The van der Waals surface area contributed by atoms with Gasteiger partial charge >= 0.3 is 0 Å². The average molecular weight is 259 g/mol. The Hall–Kier alpha value is -2.28. The minimum Gasteiger partial charge on any atom is -0.389 e. The molecule has 2 aromatic rings. The zero-order valence-corrected chi connectivity index (χ0v) is 10.2. The van der Waals surface area contributed by atoms with Crippen molar-refractivity contribution in [3.63, 3.8) is 0 Å². The molecule has 1 aromatic heterocycles. The van der Waals surface area contributed by atoms with Crippen LogP contribution in [0, 0.1) is 0 Å². The van der Waals surface area contributed by atoms with E-state index >= 15 is 0 Å². The summed E-state index contributed by atoms with van der Waals surface area (Å²) in [5.41, 5.74) is 1.78. The molecule has 0 atom stereocenters. The molecular weight excluding hydrogens is 246 g/mol. The van der Waals surface area contributed by atoms with E-state index in [4.69, 9.17) is 5.11 Å². The van der Waals surface area contributed by atoms with Crippen molar-refractivity contribution in [3.8, 4) is 5.69 Å². The van der Waals surface area contributed by atoms with E-state index in [9.17, 15) is 4.79 Å². The minimum absolute atomic E-state index is 0.0421. The van der Waals surface area contributed by atoms with Gasteiger partial charge in [-0.15, -0.1) is 5.10 Å². The number of hydrogen-bond donors (Lipinski definition) is 1. The molecule has 19 heavy (non-hydrogen) atoms. The molecule has 0 aliphatic carbocycles. The number of carbonyl (C=O) groups excluding carboxylic acids is 1. The summed E-state index contributed by atoms with van der Waals surface area (Å²) in [5, 5.41) is 20.1. The minimum atomic E-state index is -0.355. The van der Waals surface area contributed by atoms with Crippen LogP contribution in [-0.2, 0) is 11.2 Å². The third kappa shape index (κ3) is 2.45. The summed E-state index contributed by atoms with van der Waals surface area (Å²) in [7, 11) is 0. The van der Waals surface area contributed by atoms with E-state index < -0.39 is 0 Å². The average Bonchev–Trinajstić information content (AvgIpc) is 2.90. The summed E-state index contributed by atoms with van der Waals surface area (Å²) < 4.78 is 1.55. The lowest BCUT2D eigenvalue weighted by atomic mass is 10.1. The number of aromatic nitrogens is 4. The first-order valence-corrected chi connectivity index (χ1v) is 6.00. The van der Waals surface area contributed by atoms with Crippen molar-refractivity contribution in [2.75, 3.05) is 13.1 Å². The second kappa shape index (κ2) is 4.77. The van der Waals surface area contributed by atoms with E-state index in [0.717, 1.165) is 11.3 Å². The fourth-order valence-electron chi connectivity index (χ4n) is 1.99. The van der Waals surface area contributed by atoms with Gasteiger partial charge in [0.15, 0.2) is 0 Å². The van der Waals surface area contributed by atoms with Crippen molar-refractivity contribution >= 4 is 5.91 Å². The van der Waals surface area contributed by atoms with Crippen LogP contribution in [0.4, 0.5) is 0 Å². The first-order chi connectivity index (χ1) is 9.22. The van der Waals surface area contributed by atoms with E-state index in [1.807, 2.05) is 24.3 Å². The van der Waals surface area contributed by atoms with Gasteiger partial charge in [0.1, 0.15) is 6.33 Å². The standard InChI is InChI=1S/C12H13N5O2/c18-11-6-16(7-11)12(19)5-9-1-3-10(4-2-9)17-8-13-14-15-17/h1-4,8,11,18H,5-7H2. The molecule has 7 nitrogen and oxygen atoms in total. The highest BCUT2D eigenvalue weighted by molar-refractivity contribution is 5.79. The molecule has 2 heterocycles. The molecule has 0 radical (unpaired) electrons. The summed E-state index contributed by atoms with van der Waals surface area (Å²) in [6, 6.07) is 7.49. The lowest BCUT2D eigenvalue weighted by Gasteiger charge is -2.35. The molecule has 0 unspecified atom stereocenters. The predicted molar refractivity (Wildman–Crippen MR) is 65.4 cm³/mol. The van der Waals surface area contributed by atoms with E-state index in [1.165, 1.54) is 6.33 Å². The lowest BCUT2D eigenvalue weighted by Crippen LogP contribution is -2.53. The van der Waals surface area contributed by atoms with E-state index in [1.54, 1.807) is 9.58 Å². The molecule has 1 N–H and O–H groups in total. The molecule has 1 fully saturated rings. The number of carbonyl (C=O) groups is 1. The number of amides is 1. The first kappa shape index (κ1) is 11.8. The maximum absolute atomic E-state index is 11.8. The number of likely N-dealkylation sites (tertiary alicyclic amines) is 1. The molecule has 0 saturated carbocycles. The zero-order chi connectivity index (χ0) is 13.2. The molecule has 1 aliphatic heterocycles. The summed E-state index contributed by atoms with van der Waals surface area (Å²) >= 11 is 0. The molecule has 1 aliphatic rings. The molecule has 1 aromatic carbocycles. The van der Waals surface area contributed by atoms with Crippen LogP contribution in [0.15, 0.2) is 30.6 Å². The van der Waals surface area contributed by atoms with Crippen molar-refractivity contribution in [3.05, 3.63) is 36.2 Å². The number of aliphatic hydroxyl groups excluding tert-OH is 1. The normalized spacial score (nSPS) is 15.3. The van der Waals surface area contributed by atoms with Crippen molar-refractivity contribution < 1.29 is 9.90 Å². The highest BCUT2D eigenvalue weighted by atomic mass is 16.3. The summed E-state index contributed by atoms with van der Waals surface area (Å²) in [5.74, 6) is 0.0421. The fraction of sp³-hybridized carbons (Fsp3) is 0.333. The number of β-amino-alcohol motifs (C(OH)–C–C–N with tert-alkyl or cyclic N) is 1. The number of nitrogens with zero attached hydrogens (tertiary/aromatic N) is 5. The highest BCUT2D eigenvalue weighted by Gasteiger charge is 2.28. The van der Waals surface area contributed by atoms with Gasteiger partial charge in [0, 0.05) is 13.1 Å². The number of aliphatic hydroxyl groups is 1. The van der Waals surface area contributed by atoms with E-state index in [-0.39, 0.29) is 12.0 Å². The van der Waals surface area contributed by atoms with E-state index in [0.29, 0.717) is 19.5 Å². The summed E-state index contributed by atoms with van der Waals surface area (Å²) in [6.45, 7) is 0.892. The third-order valence-corrected chi connectivity index (χ3v) is 3.12. The highest BCUT2D eigenvalue weighted by Crippen LogP contribution is 2.12. The Bertz CT molecular complexity index is 560. The van der Waals surface area contributed by atoms with Crippen LogP contribution in [-0.4, -0.2) is 55.3 Å². The van der Waals surface area contributed by atoms with Crippen LogP contribution in [0.1, 0.15) is 5.56 Å². The molecule has 1 saturated heterocycles. The van der Waals surface area contributed by atoms with Gasteiger partial charge in [0.25, 0.3) is 0 Å². The Balaban J connectivity index is 1.65. The van der Waals surface area contributed by atoms with Crippen molar-refractivity contribution in [1.29, 1.82) is 0 Å². The summed E-state index contributed by atoms with van der Waals surface area (Å²) in [4.78, 5) is 13.5. The molecule has 98 valence electrons. The number of benzene rings is 1.